The second-order valence-electron chi connectivity index (χ2n) is 3.70. The van der Waals surface area contributed by atoms with Crippen LogP contribution in [-0.4, -0.2) is 10.9 Å². The lowest BCUT2D eigenvalue weighted by molar-refractivity contribution is -0.115. The van der Waals surface area contributed by atoms with Crippen molar-refractivity contribution in [3.63, 3.8) is 0 Å². The van der Waals surface area contributed by atoms with Crippen LogP contribution in [0.15, 0.2) is 48.7 Å². The molecule has 1 aromatic heterocycles. The van der Waals surface area contributed by atoms with Gasteiger partial charge in [0, 0.05) is 24.4 Å². The molecular weight excluding hydrogens is 228 g/mol. The highest BCUT2D eigenvalue weighted by molar-refractivity contribution is 5.90. The van der Waals surface area contributed by atoms with Gasteiger partial charge in [-0.3, -0.25) is 4.79 Å². The Labute approximate surface area is 106 Å². The zero-order valence-corrected chi connectivity index (χ0v) is 10.1. The summed E-state index contributed by atoms with van der Waals surface area (Å²) in [7, 11) is 0. The fourth-order valence-corrected chi connectivity index (χ4v) is 1.40. The highest BCUT2D eigenvalue weighted by Crippen LogP contribution is 2.21. The Balaban J connectivity index is 2.10. The molecule has 0 aliphatic heterocycles. The molecule has 4 heteroatoms. The predicted octanol–water partition coefficient (Wildman–Crippen LogP) is 3.22. The molecule has 0 aliphatic rings. The lowest BCUT2D eigenvalue weighted by Crippen LogP contribution is -2.09. The van der Waals surface area contributed by atoms with Crippen molar-refractivity contribution in [1.82, 2.24) is 4.98 Å². The number of hydrogen-bond donors (Lipinski definition) is 1. The Hall–Kier alpha value is -2.36. The molecule has 2 aromatic rings. The van der Waals surface area contributed by atoms with Gasteiger partial charge < -0.3 is 10.1 Å². The standard InChI is InChI=1S/C14H14N2O2/c1-2-13(17)16-11-8-9-15-14(10-11)18-12-6-4-3-5-7-12/h3-10H,2H2,1H3,(H,15,16,17). The van der Waals surface area contributed by atoms with Gasteiger partial charge in [-0.2, -0.15) is 0 Å². The summed E-state index contributed by atoms with van der Waals surface area (Å²) in [4.78, 5) is 15.4. The maximum atomic E-state index is 11.3. The van der Waals surface area contributed by atoms with Gasteiger partial charge in [0.25, 0.3) is 0 Å². The molecule has 0 unspecified atom stereocenters. The summed E-state index contributed by atoms with van der Waals surface area (Å²) in [5.41, 5.74) is 0.683. The molecular formula is C14H14N2O2. The quantitative estimate of drug-likeness (QED) is 0.895. The zero-order valence-electron chi connectivity index (χ0n) is 10.1. The van der Waals surface area contributed by atoms with Crippen LogP contribution in [0.1, 0.15) is 13.3 Å². The van der Waals surface area contributed by atoms with Crippen LogP contribution < -0.4 is 10.1 Å². The van der Waals surface area contributed by atoms with E-state index in [-0.39, 0.29) is 5.91 Å². The maximum absolute atomic E-state index is 11.3. The van der Waals surface area contributed by atoms with Crippen LogP contribution in [0.2, 0.25) is 0 Å². The van der Waals surface area contributed by atoms with E-state index in [0.717, 1.165) is 0 Å². The third-order valence-electron chi connectivity index (χ3n) is 2.31. The van der Waals surface area contributed by atoms with Crippen molar-refractivity contribution in [2.24, 2.45) is 0 Å². The number of pyridine rings is 1. The number of benzene rings is 1. The molecule has 92 valence electrons. The van der Waals surface area contributed by atoms with Gasteiger partial charge in [-0.15, -0.1) is 0 Å². The summed E-state index contributed by atoms with van der Waals surface area (Å²) in [6.07, 6.45) is 2.04. The SMILES string of the molecule is CCC(=O)Nc1ccnc(Oc2ccccc2)c1. The first-order valence-electron chi connectivity index (χ1n) is 5.76. The van der Waals surface area contributed by atoms with Gasteiger partial charge in [0.2, 0.25) is 11.8 Å². The number of aromatic nitrogens is 1. The van der Waals surface area contributed by atoms with E-state index >= 15 is 0 Å². The average Bonchev–Trinajstić information content (AvgIpc) is 2.40. The van der Waals surface area contributed by atoms with Crippen LogP contribution in [0.5, 0.6) is 11.6 Å². The Morgan fingerprint density at radius 3 is 2.78 bits per heavy atom. The fraction of sp³-hybridized carbons (Fsp3) is 0.143. The number of ether oxygens (including phenoxy) is 1. The third-order valence-corrected chi connectivity index (χ3v) is 2.31. The molecule has 4 nitrogen and oxygen atoms in total. The summed E-state index contributed by atoms with van der Waals surface area (Å²) < 4.78 is 5.57. The number of carbonyl (C=O) groups excluding carboxylic acids is 1. The second-order valence-corrected chi connectivity index (χ2v) is 3.70. The van der Waals surface area contributed by atoms with Crippen molar-refractivity contribution < 1.29 is 9.53 Å². The number of anilines is 1. The van der Waals surface area contributed by atoms with Gasteiger partial charge in [-0.05, 0) is 18.2 Å². The topological polar surface area (TPSA) is 51.2 Å². The zero-order chi connectivity index (χ0) is 12.8. The van der Waals surface area contributed by atoms with Gasteiger partial charge >= 0.3 is 0 Å². The predicted molar refractivity (Wildman–Crippen MR) is 69.7 cm³/mol. The van der Waals surface area contributed by atoms with Crippen LogP contribution in [0.4, 0.5) is 5.69 Å². The van der Waals surface area contributed by atoms with E-state index in [1.54, 1.807) is 25.3 Å². The van der Waals surface area contributed by atoms with Crippen molar-refractivity contribution in [2.45, 2.75) is 13.3 Å². The number of rotatable bonds is 4. The molecule has 1 aromatic carbocycles. The van der Waals surface area contributed by atoms with E-state index in [2.05, 4.69) is 10.3 Å². The van der Waals surface area contributed by atoms with Gasteiger partial charge in [-0.25, -0.2) is 4.98 Å². The summed E-state index contributed by atoms with van der Waals surface area (Å²) >= 11 is 0. The first-order valence-corrected chi connectivity index (χ1v) is 5.76. The molecule has 0 bridgehead atoms. The monoisotopic (exact) mass is 242 g/mol. The Morgan fingerprint density at radius 1 is 1.28 bits per heavy atom. The second kappa shape index (κ2) is 5.82. The molecule has 0 radical (unpaired) electrons. The van der Waals surface area contributed by atoms with Crippen molar-refractivity contribution in [1.29, 1.82) is 0 Å². The molecule has 1 N–H and O–H groups in total. The molecule has 0 spiro atoms. The molecule has 1 amide bonds. The van der Waals surface area contributed by atoms with Gasteiger partial charge in [0.15, 0.2) is 0 Å². The molecule has 0 saturated heterocycles. The molecule has 0 aliphatic carbocycles. The Kier molecular flexibility index (Phi) is 3.91. The van der Waals surface area contributed by atoms with Crippen LogP contribution >= 0.6 is 0 Å². The van der Waals surface area contributed by atoms with Crippen LogP contribution in [0, 0.1) is 0 Å². The molecule has 0 fully saturated rings. The van der Waals surface area contributed by atoms with Crippen molar-refractivity contribution in [3.05, 3.63) is 48.7 Å². The summed E-state index contributed by atoms with van der Waals surface area (Å²) in [6, 6.07) is 12.8. The number of amides is 1. The minimum atomic E-state index is -0.0353. The van der Waals surface area contributed by atoms with E-state index in [0.29, 0.717) is 23.7 Å². The Bertz CT molecular complexity index is 526. The lowest BCUT2D eigenvalue weighted by Gasteiger charge is -2.07. The summed E-state index contributed by atoms with van der Waals surface area (Å²) in [5.74, 6) is 1.13. The van der Waals surface area contributed by atoms with E-state index in [4.69, 9.17) is 4.74 Å². The summed E-state index contributed by atoms with van der Waals surface area (Å²) in [5, 5.41) is 2.76. The minimum absolute atomic E-state index is 0.0353. The van der Waals surface area contributed by atoms with Gasteiger partial charge in [-0.1, -0.05) is 25.1 Å². The largest absolute Gasteiger partial charge is 0.439 e. The van der Waals surface area contributed by atoms with E-state index < -0.39 is 0 Å². The first kappa shape index (κ1) is 12.1. The van der Waals surface area contributed by atoms with E-state index in [1.807, 2.05) is 30.3 Å². The lowest BCUT2D eigenvalue weighted by atomic mass is 10.3. The molecule has 0 atom stereocenters. The molecule has 2 rings (SSSR count). The highest BCUT2D eigenvalue weighted by atomic mass is 16.5. The summed E-state index contributed by atoms with van der Waals surface area (Å²) in [6.45, 7) is 1.80. The van der Waals surface area contributed by atoms with Crippen molar-refractivity contribution in [3.8, 4) is 11.6 Å². The number of para-hydroxylation sites is 1. The highest BCUT2D eigenvalue weighted by Gasteiger charge is 2.02. The molecule has 18 heavy (non-hydrogen) atoms. The van der Waals surface area contributed by atoms with Crippen molar-refractivity contribution >= 4 is 11.6 Å². The number of nitrogens with zero attached hydrogens (tertiary/aromatic N) is 1. The third kappa shape index (κ3) is 3.31. The molecule has 0 saturated carbocycles. The first-order chi connectivity index (χ1) is 8.78. The van der Waals surface area contributed by atoms with Gasteiger partial charge in [0.1, 0.15) is 5.75 Å². The smallest absolute Gasteiger partial charge is 0.224 e. The fourth-order valence-electron chi connectivity index (χ4n) is 1.40. The number of carbonyl (C=O) groups is 1. The van der Waals surface area contributed by atoms with Gasteiger partial charge in [0.05, 0.1) is 0 Å². The maximum Gasteiger partial charge on any atom is 0.224 e. The van der Waals surface area contributed by atoms with Crippen LogP contribution in [-0.2, 0) is 4.79 Å². The van der Waals surface area contributed by atoms with Crippen molar-refractivity contribution in [2.75, 3.05) is 5.32 Å². The molecule has 1 heterocycles. The van der Waals surface area contributed by atoms with Crippen LogP contribution in [0.3, 0.4) is 0 Å². The Morgan fingerprint density at radius 2 is 2.06 bits per heavy atom. The number of nitrogens with one attached hydrogen (secondary N) is 1. The minimum Gasteiger partial charge on any atom is -0.439 e. The van der Waals surface area contributed by atoms with Crippen LogP contribution in [0.25, 0.3) is 0 Å². The average molecular weight is 242 g/mol. The van der Waals surface area contributed by atoms with E-state index in [9.17, 15) is 4.79 Å². The normalized spacial score (nSPS) is 9.83. The number of hydrogen-bond acceptors (Lipinski definition) is 3. The van der Waals surface area contributed by atoms with E-state index in [1.165, 1.54) is 0 Å².